The molecule has 5 rings (SSSR count). The van der Waals surface area contributed by atoms with Gasteiger partial charge >= 0.3 is 0 Å². The first-order valence-electron chi connectivity index (χ1n) is 9.58. The molecule has 0 saturated heterocycles. The lowest BCUT2D eigenvalue weighted by molar-refractivity contribution is 0.393. The molecule has 5 aromatic rings. The van der Waals surface area contributed by atoms with Crippen molar-refractivity contribution in [3.05, 3.63) is 70.5 Å². The van der Waals surface area contributed by atoms with Gasteiger partial charge in [-0.2, -0.15) is 5.10 Å². The van der Waals surface area contributed by atoms with E-state index in [1.165, 1.54) is 0 Å². The van der Waals surface area contributed by atoms with Gasteiger partial charge in [0.15, 0.2) is 0 Å². The highest BCUT2D eigenvalue weighted by Gasteiger charge is 2.17. The van der Waals surface area contributed by atoms with E-state index < -0.39 is 0 Å². The summed E-state index contributed by atoms with van der Waals surface area (Å²) in [5.74, 6) is 1.56. The predicted molar refractivity (Wildman–Crippen MR) is 116 cm³/mol. The van der Waals surface area contributed by atoms with Gasteiger partial charge in [0, 0.05) is 16.5 Å². The van der Waals surface area contributed by atoms with Gasteiger partial charge < -0.3 is 9.05 Å². The minimum atomic E-state index is 0.597. The molecule has 0 bridgehead atoms. The summed E-state index contributed by atoms with van der Waals surface area (Å²) in [6.07, 6.45) is 1.84. The van der Waals surface area contributed by atoms with Gasteiger partial charge in [0.25, 0.3) is 0 Å². The Morgan fingerprint density at radius 2 is 1.40 bits per heavy atom. The molecule has 0 aliphatic heterocycles. The second kappa shape index (κ2) is 6.85. The molecule has 0 radical (unpaired) electrons. The van der Waals surface area contributed by atoms with E-state index in [0.29, 0.717) is 5.02 Å². The van der Waals surface area contributed by atoms with Crippen molar-refractivity contribution in [2.24, 2.45) is 0 Å². The van der Waals surface area contributed by atoms with Crippen LogP contribution in [0.15, 0.2) is 51.6 Å². The number of aromatic nitrogens is 4. The Kier molecular flexibility index (Phi) is 4.25. The van der Waals surface area contributed by atoms with E-state index in [0.717, 1.165) is 61.8 Å². The van der Waals surface area contributed by atoms with E-state index in [1.807, 2.05) is 62.8 Å². The highest BCUT2D eigenvalue weighted by Crippen LogP contribution is 2.34. The second-order valence-corrected chi connectivity index (χ2v) is 7.80. The minimum Gasteiger partial charge on any atom is -0.361 e. The molecule has 0 saturated carbocycles. The molecule has 0 unspecified atom stereocenters. The highest BCUT2D eigenvalue weighted by molar-refractivity contribution is 6.32. The number of fused-ring (bicyclic) bond motifs is 1. The number of rotatable bonds is 3. The van der Waals surface area contributed by atoms with Crippen LogP contribution in [0.4, 0.5) is 0 Å². The number of benzene rings is 2. The normalized spacial score (nSPS) is 11.5. The lowest BCUT2D eigenvalue weighted by atomic mass is 10.0. The van der Waals surface area contributed by atoms with Crippen LogP contribution in [0.5, 0.6) is 0 Å². The molecule has 0 fully saturated rings. The van der Waals surface area contributed by atoms with Gasteiger partial charge in [-0.3, -0.25) is 0 Å². The van der Waals surface area contributed by atoms with Crippen LogP contribution < -0.4 is 0 Å². The average molecular weight is 419 g/mol. The lowest BCUT2D eigenvalue weighted by Crippen LogP contribution is -1.98. The third-order valence-corrected chi connectivity index (χ3v) is 5.69. The Morgan fingerprint density at radius 3 is 1.97 bits per heavy atom. The monoisotopic (exact) mass is 418 g/mol. The molecule has 3 heterocycles. The maximum atomic E-state index is 6.70. The van der Waals surface area contributed by atoms with Crippen LogP contribution in [-0.2, 0) is 0 Å². The molecule has 0 atom stereocenters. The Hall–Kier alpha value is -3.38. The summed E-state index contributed by atoms with van der Waals surface area (Å²) >= 11 is 6.70. The van der Waals surface area contributed by atoms with E-state index in [2.05, 4.69) is 27.5 Å². The lowest BCUT2D eigenvalue weighted by Gasteiger charge is -2.09. The van der Waals surface area contributed by atoms with Crippen molar-refractivity contribution in [3.63, 3.8) is 0 Å². The van der Waals surface area contributed by atoms with Crippen molar-refractivity contribution in [3.8, 4) is 27.9 Å². The second-order valence-electron chi connectivity index (χ2n) is 7.39. The van der Waals surface area contributed by atoms with Crippen LogP contribution in [0.3, 0.4) is 0 Å². The molecule has 3 aromatic heterocycles. The Labute approximate surface area is 178 Å². The van der Waals surface area contributed by atoms with E-state index in [1.54, 1.807) is 0 Å². The zero-order valence-corrected chi connectivity index (χ0v) is 17.8. The quantitative estimate of drug-likeness (QED) is 0.347. The fourth-order valence-corrected chi connectivity index (χ4v) is 4.25. The topological polar surface area (TPSA) is 69.9 Å². The Balaban J connectivity index is 1.64. The largest absolute Gasteiger partial charge is 0.361 e. The number of hydrogen-bond donors (Lipinski definition) is 0. The fraction of sp³-hybridized carbons (Fsp3) is 0.174. The van der Waals surface area contributed by atoms with Crippen LogP contribution in [0.25, 0.3) is 38.8 Å². The summed E-state index contributed by atoms with van der Waals surface area (Å²) in [4.78, 5) is 0. The van der Waals surface area contributed by atoms with Crippen LogP contribution in [0.2, 0.25) is 5.02 Å². The molecular weight excluding hydrogens is 400 g/mol. The van der Waals surface area contributed by atoms with E-state index in [9.17, 15) is 0 Å². The van der Waals surface area contributed by atoms with Crippen LogP contribution in [0.1, 0.15) is 22.9 Å². The maximum absolute atomic E-state index is 6.70. The maximum Gasteiger partial charge on any atom is 0.141 e. The first-order chi connectivity index (χ1) is 14.4. The first kappa shape index (κ1) is 18.6. The Bertz CT molecular complexity index is 1370. The number of aryl methyl sites for hydroxylation is 4. The molecule has 0 spiro atoms. The van der Waals surface area contributed by atoms with Gasteiger partial charge in [0.05, 0.1) is 33.8 Å². The van der Waals surface area contributed by atoms with Gasteiger partial charge in [0.2, 0.25) is 0 Å². The predicted octanol–water partition coefficient (Wildman–Crippen LogP) is 6.22. The minimum absolute atomic E-state index is 0.597. The summed E-state index contributed by atoms with van der Waals surface area (Å²) < 4.78 is 12.5. The average Bonchev–Trinajstić information content (AvgIpc) is 3.39. The third kappa shape index (κ3) is 2.83. The van der Waals surface area contributed by atoms with E-state index in [-0.39, 0.29) is 0 Å². The van der Waals surface area contributed by atoms with Crippen LogP contribution in [0, 0.1) is 27.7 Å². The number of nitrogens with zero attached hydrogens (tertiary/aromatic N) is 4. The SMILES string of the molecule is Cc1noc(C)c1-c1ccc(-n2ncc3ccc(-c4c(C)noc4C)cc32)c(Cl)c1. The van der Waals surface area contributed by atoms with Crippen molar-refractivity contribution in [1.82, 2.24) is 20.1 Å². The highest BCUT2D eigenvalue weighted by atomic mass is 35.5. The molecule has 6 nitrogen and oxygen atoms in total. The van der Waals surface area contributed by atoms with Crippen molar-refractivity contribution >= 4 is 22.5 Å². The van der Waals surface area contributed by atoms with Crippen LogP contribution >= 0.6 is 11.6 Å². The molecule has 0 amide bonds. The molecule has 0 N–H and O–H groups in total. The summed E-state index contributed by atoms with van der Waals surface area (Å²) in [5.41, 5.74) is 7.43. The van der Waals surface area contributed by atoms with Gasteiger partial charge in [-0.15, -0.1) is 0 Å². The molecule has 2 aromatic carbocycles. The zero-order valence-electron chi connectivity index (χ0n) is 17.0. The van der Waals surface area contributed by atoms with E-state index in [4.69, 9.17) is 20.6 Å². The van der Waals surface area contributed by atoms with Gasteiger partial charge in [0.1, 0.15) is 11.5 Å². The van der Waals surface area contributed by atoms with Crippen LogP contribution in [-0.4, -0.2) is 20.1 Å². The molecule has 150 valence electrons. The molecule has 30 heavy (non-hydrogen) atoms. The molecule has 0 aliphatic carbocycles. The van der Waals surface area contributed by atoms with Crippen molar-refractivity contribution in [2.75, 3.05) is 0 Å². The fourth-order valence-electron chi connectivity index (χ4n) is 3.99. The third-order valence-electron chi connectivity index (χ3n) is 5.39. The van der Waals surface area contributed by atoms with Gasteiger partial charge in [-0.25, -0.2) is 4.68 Å². The summed E-state index contributed by atoms with van der Waals surface area (Å²) in [6.45, 7) is 7.68. The smallest absolute Gasteiger partial charge is 0.141 e. The van der Waals surface area contributed by atoms with Crippen molar-refractivity contribution in [1.29, 1.82) is 0 Å². The Morgan fingerprint density at radius 1 is 0.800 bits per heavy atom. The summed E-state index contributed by atoms with van der Waals surface area (Å²) in [6, 6.07) is 12.1. The zero-order chi connectivity index (χ0) is 21.0. The number of halogens is 1. The molecule has 7 heteroatoms. The summed E-state index contributed by atoms with van der Waals surface area (Å²) in [7, 11) is 0. The van der Waals surface area contributed by atoms with Gasteiger partial charge in [-0.1, -0.05) is 40.1 Å². The standard InChI is InChI=1S/C23H19ClN4O2/c1-12-22(14(3)29-26-12)16-7-8-20(19(24)9-16)28-21-10-17(5-6-18(21)11-25-28)23-13(2)27-30-15(23)4/h5-11H,1-4H3. The van der Waals surface area contributed by atoms with E-state index >= 15 is 0 Å². The first-order valence-corrected chi connectivity index (χ1v) is 9.96. The van der Waals surface area contributed by atoms with Crippen molar-refractivity contribution < 1.29 is 9.05 Å². The van der Waals surface area contributed by atoms with Crippen molar-refractivity contribution in [2.45, 2.75) is 27.7 Å². The van der Waals surface area contributed by atoms with Gasteiger partial charge in [-0.05, 0) is 57.0 Å². The molecular formula is C23H19ClN4O2. The number of hydrogen-bond acceptors (Lipinski definition) is 5. The molecule has 0 aliphatic rings. The summed E-state index contributed by atoms with van der Waals surface area (Å²) in [5, 5.41) is 14.3.